The van der Waals surface area contributed by atoms with Crippen molar-refractivity contribution >= 4 is 11.6 Å². The van der Waals surface area contributed by atoms with Gasteiger partial charge in [-0.1, -0.05) is 32.0 Å². The van der Waals surface area contributed by atoms with Gasteiger partial charge >= 0.3 is 0 Å². The Morgan fingerprint density at radius 1 is 1.33 bits per heavy atom. The second-order valence-electron chi connectivity index (χ2n) is 5.55. The van der Waals surface area contributed by atoms with Crippen LogP contribution in [-0.4, -0.2) is 37.5 Å². The van der Waals surface area contributed by atoms with Crippen molar-refractivity contribution in [3.8, 4) is 0 Å². The molecule has 0 bridgehead atoms. The molecule has 0 aliphatic carbocycles. The lowest BCUT2D eigenvalue weighted by atomic mass is 9.96. The molecule has 0 fully saturated rings. The molecule has 2 rings (SSSR count). The zero-order valence-corrected chi connectivity index (χ0v) is 11.7. The molecular weight excluding hydrogens is 224 g/mol. The van der Waals surface area contributed by atoms with Crippen LogP contribution in [0.2, 0.25) is 0 Å². The number of hydrogen-bond acceptors (Lipinski definition) is 2. The monoisotopic (exact) mass is 246 g/mol. The summed E-state index contributed by atoms with van der Waals surface area (Å²) in [7, 11) is 4.16. The standard InChI is InChI=1S/C15H22N2O/c1-11(2)15(18)17-10-13(16(3)4)9-12-7-5-6-8-14(12)17/h5-8,11,13H,9-10H2,1-4H3. The van der Waals surface area contributed by atoms with E-state index in [9.17, 15) is 4.79 Å². The van der Waals surface area contributed by atoms with Gasteiger partial charge in [0.25, 0.3) is 0 Å². The minimum absolute atomic E-state index is 0.0407. The van der Waals surface area contributed by atoms with E-state index in [1.54, 1.807) is 0 Å². The fourth-order valence-electron chi connectivity index (χ4n) is 2.44. The van der Waals surface area contributed by atoms with E-state index in [0.717, 1.165) is 18.7 Å². The van der Waals surface area contributed by atoms with Crippen molar-refractivity contribution in [2.75, 3.05) is 25.5 Å². The summed E-state index contributed by atoms with van der Waals surface area (Å²) in [6, 6.07) is 8.65. The van der Waals surface area contributed by atoms with Gasteiger partial charge in [-0.05, 0) is 32.1 Å². The Labute approximate surface area is 109 Å². The highest BCUT2D eigenvalue weighted by molar-refractivity contribution is 5.95. The highest BCUT2D eigenvalue weighted by atomic mass is 16.2. The van der Waals surface area contributed by atoms with Crippen LogP contribution in [-0.2, 0) is 11.2 Å². The van der Waals surface area contributed by atoms with Gasteiger partial charge in [0.05, 0.1) is 0 Å². The van der Waals surface area contributed by atoms with Crippen LogP contribution in [0.15, 0.2) is 24.3 Å². The van der Waals surface area contributed by atoms with E-state index in [1.807, 2.05) is 24.8 Å². The number of rotatable bonds is 2. The molecule has 0 saturated heterocycles. The smallest absolute Gasteiger partial charge is 0.229 e. The molecule has 1 unspecified atom stereocenters. The summed E-state index contributed by atoms with van der Waals surface area (Å²) < 4.78 is 0. The number of anilines is 1. The van der Waals surface area contributed by atoms with E-state index >= 15 is 0 Å². The maximum absolute atomic E-state index is 12.3. The van der Waals surface area contributed by atoms with Gasteiger partial charge in [-0.3, -0.25) is 4.79 Å². The van der Waals surface area contributed by atoms with Crippen LogP contribution in [0.4, 0.5) is 5.69 Å². The molecule has 98 valence electrons. The Bertz CT molecular complexity index is 440. The molecule has 3 heteroatoms. The molecule has 1 atom stereocenters. The Hall–Kier alpha value is -1.35. The highest BCUT2D eigenvalue weighted by Gasteiger charge is 2.30. The zero-order valence-electron chi connectivity index (χ0n) is 11.7. The third kappa shape index (κ3) is 2.41. The summed E-state index contributed by atoms with van der Waals surface area (Å²) >= 11 is 0. The molecule has 1 aliphatic rings. The third-order valence-corrected chi connectivity index (χ3v) is 3.62. The predicted octanol–water partition coefficient (Wildman–Crippen LogP) is 2.16. The average molecular weight is 246 g/mol. The highest BCUT2D eigenvalue weighted by Crippen LogP contribution is 2.29. The molecule has 1 amide bonds. The van der Waals surface area contributed by atoms with Gasteiger partial charge in [-0.25, -0.2) is 0 Å². The van der Waals surface area contributed by atoms with E-state index in [0.29, 0.717) is 6.04 Å². The summed E-state index contributed by atoms with van der Waals surface area (Å²) in [6.07, 6.45) is 1.02. The van der Waals surface area contributed by atoms with Gasteiger partial charge in [0.2, 0.25) is 5.91 Å². The van der Waals surface area contributed by atoms with Crippen LogP contribution < -0.4 is 4.90 Å². The van der Waals surface area contributed by atoms with Crippen molar-refractivity contribution in [2.24, 2.45) is 5.92 Å². The van der Waals surface area contributed by atoms with Gasteiger partial charge in [-0.15, -0.1) is 0 Å². The first-order valence-electron chi connectivity index (χ1n) is 6.56. The molecular formula is C15H22N2O. The van der Waals surface area contributed by atoms with Gasteiger partial charge in [0, 0.05) is 24.2 Å². The number of amides is 1. The van der Waals surface area contributed by atoms with E-state index in [2.05, 4.69) is 37.2 Å². The van der Waals surface area contributed by atoms with Crippen LogP contribution >= 0.6 is 0 Å². The summed E-state index contributed by atoms with van der Waals surface area (Å²) in [5.74, 6) is 0.257. The van der Waals surface area contributed by atoms with Crippen LogP contribution in [0.25, 0.3) is 0 Å². The van der Waals surface area contributed by atoms with Crippen LogP contribution in [0.5, 0.6) is 0 Å². The summed E-state index contributed by atoms with van der Waals surface area (Å²) in [5.41, 5.74) is 2.37. The third-order valence-electron chi connectivity index (χ3n) is 3.62. The minimum atomic E-state index is 0.0407. The average Bonchev–Trinajstić information content (AvgIpc) is 2.36. The Morgan fingerprint density at radius 2 is 2.00 bits per heavy atom. The van der Waals surface area contributed by atoms with Crippen LogP contribution in [0.1, 0.15) is 19.4 Å². The van der Waals surface area contributed by atoms with Gasteiger partial charge in [0.1, 0.15) is 0 Å². The number of carbonyl (C=O) groups is 1. The topological polar surface area (TPSA) is 23.6 Å². The van der Waals surface area contributed by atoms with E-state index in [1.165, 1.54) is 5.56 Å². The largest absolute Gasteiger partial charge is 0.310 e. The van der Waals surface area contributed by atoms with Crippen molar-refractivity contribution in [3.05, 3.63) is 29.8 Å². The second kappa shape index (κ2) is 5.11. The van der Waals surface area contributed by atoms with Crippen molar-refractivity contribution in [2.45, 2.75) is 26.3 Å². The lowest BCUT2D eigenvalue weighted by Crippen LogP contribution is -2.49. The Kier molecular flexibility index (Phi) is 3.71. The van der Waals surface area contributed by atoms with E-state index in [4.69, 9.17) is 0 Å². The van der Waals surface area contributed by atoms with Gasteiger partial charge in [0.15, 0.2) is 0 Å². The molecule has 3 nitrogen and oxygen atoms in total. The first-order valence-corrected chi connectivity index (χ1v) is 6.56. The molecule has 0 spiro atoms. The van der Waals surface area contributed by atoms with E-state index < -0.39 is 0 Å². The normalized spacial score (nSPS) is 19.2. The molecule has 18 heavy (non-hydrogen) atoms. The maximum Gasteiger partial charge on any atom is 0.229 e. The summed E-state index contributed by atoms with van der Waals surface area (Å²) in [6.45, 7) is 4.72. The predicted molar refractivity (Wildman–Crippen MR) is 74.8 cm³/mol. The molecule has 1 aliphatic heterocycles. The Morgan fingerprint density at radius 3 is 2.61 bits per heavy atom. The number of para-hydroxylation sites is 1. The second-order valence-corrected chi connectivity index (χ2v) is 5.55. The molecule has 1 aromatic carbocycles. The molecule has 0 aromatic heterocycles. The quantitative estimate of drug-likeness (QED) is 0.798. The number of fused-ring (bicyclic) bond motifs is 1. The number of benzene rings is 1. The van der Waals surface area contributed by atoms with Gasteiger partial charge < -0.3 is 9.80 Å². The van der Waals surface area contributed by atoms with Crippen molar-refractivity contribution in [3.63, 3.8) is 0 Å². The lowest BCUT2D eigenvalue weighted by molar-refractivity contribution is -0.121. The first kappa shape index (κ1) is 13.1. The summed E-state index contributed by atoms with van der Waals surface area (Å²) in [4.78, 5) is 16.5. The first-order chi connectivity index (χ1) is 8.50. The summed E-state index contributed by atoms with van der Waals surface area (Å²) in [5, 5.41) is 0. The maximum atomic E-state index is 12.3. The van der Waals surface area contributed by atoms with Crippen molar-refractivity contribution < 1.29 is 4.79 Å². The number of hydrogen-bond donors (Lipinski definition) is 0. The number of carbonyl (C=O) groups excluding carboxylic acids is 1. The molecule has 0 radical (unpaired) electrons. The Balaban J connectivity index is 2.36. The van der Waals surface area contributed by atoms with Crippen molar-refractivity contribution in [1.82, 2.24) is 4.90 Å². The van der Waals surface area contributed by atoms with Crippen LogP contribution in [0.3, 0.4) is 0 Å². The zero-order chi connectivity index (χ0) is 13.3. The minimum Gasteiger partial charge on any atom is -0.310 e. The molecule has 1 heterocycles. The van der Waals surface area contributed by atoms with E-state index in [-0.39, 0.29) is 11.8 Å². The fraction of sp³-hybridized carbons (Fsp3) is 0.533. The molecule has 1 aromatic rings. The lowest BCUT2D eigenvalue weighted by Gasteiger charge is -2.38. The molecule has 0 N–H and O–H groups in total. The number of nitrogens with zero attached hydrogens (tertiary/aromatic N) is 2. The van der Waals surface area contributed by atoms with Crippen LogP contribution in [0, 0.1) is 5.92 Å². The fourth-order valence-corrected chi connectivity index (χ4v) is 2.44. The molecule has 0 saturated carbocycles. The number of likely N-dealkylation sites (N-methyl/N-ethyl adjacent to an activating group) is 1. The van der Waals surface area contributed by atoms with Crippen molar-refractivity contribution in [1.29, 1.82) is 0 Å². The van der Waals surface area contributed by atoms with Gasteiger partial charge in [-0.2, -0.15) is 0 Å². The SMILES string of the molecule is CC(C)C(=O)N1CC(N(C)C)Cc2ccccc21.